The van der Waals surface area contributed by atoms with E-state index in [1.54, 1.807) is 55.5 Å². The lowest BCUT2D eigenvalue weighted by atomic mass is 9.88. The van der Waals surface area contributed by atoms with E-state index in [0.29, 0.717) is 22.6 Å². The molecule has 1 atom stereocenters. The highest BCUT2D eigenvalue weighted by Gasteiger charge is 2.51. The van der Waals surface area contributed by atoms with Crippen LogP contribution in [-0.2, 0) is 19.9 Å². The number of esters is 1. The van der Waals surface area contributed by atoms with Gasteiger partial charge in [-0.05, 0) is 37.3 Å². The molecule has 0 bridgehead atoms. The molecule has 1 N–H and O–H groups in total. The number of anilines is 1. The van der Waals surface area contributed by atoms with Crippen LogP contribution in [0.3, 0.4) is 0 Å². The molecule has 1 aliphatic rings. The number of rotatable bonds is 7. The molecule has 1 aliphatic heterocycles. The molecule has 0 saturated heterocycles. The molecule has 0 fully saturated rings. The van der Waals surface area contributed by atoms with Gasteiger partial charge >= 0.3 is 5.97 Å². The van der Waals surface area contributed by atoms with Gasteiger partial charge in [-0.2, -0.15) is 0 Å². The molecule has 0 saturated carbocycles. The zero-order valence-electron chi connectivity index (χ0n) is 15.7. The number of hydrogen-bond donors (Lipinski definition) is 1. The van der Waals surface area contributed by atoms with Crippen LogP contribution in [0, 0.1) is 0 Å². The third kappa shape index (κ3) is 3.48. The molecule has 7 heteroatoms. The minimum atomic E-state index is -2.04. The Morgan fingerprint density at radius 1 is 1.11 bits per heavy atom. The van der Waals surface area contributed by atoms with Crippen molar-refractivity contribution >= 4 is 23.3 Å². The second-order valence-electron chi connectivity index (χ2n) is 6.40. The van der Waals surface area contributed by atoms with Gasteiger partial charge in [-0.1, -0.05) is 18.2 Å². The molecule has 1 amide bonds. The quantitative estimate of drug-likeness (QED) is 0.581. The number of ketones is 1. The van der Waals surface area contributed by atoms with Crippen LogP contribution in [0.25, 0.3) is 0 Å². The monoisotopic (exact) mass is 383 g/mol. The maximum absolute atomic E-state index is 13.0. The molecule has 1 heterocycles. The third-order valence-electron chi connectivity index (χ3n) is 4.66. The number of carbonyl (C=O) groups excluding carboxylic acids is 3. The predicted octanol–water partition coefficient (Wildman–Crippen LogP) is 2.07. The van der Waals surface area contributed by atoms with E-state index in [0.717, 1.165) is 4.90 Å². The van der Waals surface area contributed by atoms with E-state index < -0.39 is 29.7 Å². The van der Waals surface area contributed by atoms with Crippen molar-refractivity contribution in [1.82, 2.24) is 0 Å². The Kier molecular flexibility index (Phi) is 5.46. The molecule has 28 heavy (non-hydrogen) atoms. The maximum atomic E-state index is 13.0. The molecule has 0 aliphatic carbocycles. The number of fused-ring (bicyclic) bond motifs is 1. The third-order valence-corrected chi connectivity index (χ3v) is 4.66. The molecule has 7 nitrogen and oxygen atoms in total. The van der Waals surface area contributed by atoms with Gasteiger partial charge in [-0.15, -0.1) is 0 Å². The van der Waals surface area contributed by atoms with E-state index in [-0.39, 0.29) is 13.2 Å². The Hall–Kier alpha value is -3.19. The summed E-state index contributed by atoms with van der Waals surface area (Å²) in [7, 11) is 1.52. The van der Waals surface area contributed by atoms with E-state index in [9.17, 15) is 19.5 Å². The van der Waals surface area contributed by atoms with Crippen LogP contribution in [0.4, 0.5) is 5.69 Å². The number of carbonyl (C=O) groups is 3. The Morgan fingerprint density at radius 2 is 1.79 bits per heavy atom. The van der Waals surface area contributed by atoms with E-state index in [2.05, 4.69) is 0 Å². The second-order valence-corrected chi connectivity index (χ2v) is 6.40. The van der Waals surface area contributed by atoms with Crippen LogP contribution in [0.2, 0.25) is 0 Å². The SMILES string of the molecule is CCOC(=O)CN1C(=O)[C@](O)(CC(=O)c2ccc(OC)cc2)c2ccccc21. The normalized spacial score (nSPS) is 18.0. The molecule has 3 rings (SSSR count). The maximum Gasteiger partial charge on any atom is 0.326 e. The van der Waals surface area contributed by atoms with Gasteiger partial charge in [0.1, 0.15) is 12.3 Å². The fourth-order valence-corrected chi connectivity index (χ4v) is 3.28. The largest absolute Gasteiger partial charge is 0.497 e. The van der Waals surface area contributed by atoms with Crippen molar-refractivity contribution in [3.63, 3.8) is 0 Å². The number of nitrogens with zero attached hydrogens (tertiary/aromatic N) is 1. The fourth-order valence-electron chi connectivity index (χ4n) is 3.28. The first kappa shape index (κ1) is 19.6. The molecule has 0 radical (unpaired) electrons. The Morgan fingerprint density at radius 3 is 2.43 bits per heavy atom. The minimum Gasteiger partial charge on any atom is -0.497 e. The summed E-state index contributed by atoms with van der Waals surface area (Å²) in [5, 5.41) is 11.2. The summed E-state index contributed by atoms with van der Waals surface area (Å²) in [5.41, 5.74) is -1.000. The minimum absolute atomic E-state index is 0.183. The van der Waals surface area contributed by atoms with Gasteiger partial charge in [0.2, 0.25) is 0 Å². The zero-order valence-corrected chi connectivity index (χ0v) is 15.7. The number of Topliss-reactive ketones (excluding diaryl/α,β-unsaturated/α-hetero) is 1. The number of amides is 1. The number of ether oxygens (including phenoxy) is 2. The summed E-state index contributed by atoms with van der Waals surface area (Å²) in [4.78, 5) is 38.8. The lowest BCUT2D eigenvalue weighted by molar-refractivity contribution is -0.144. The van der Waals surface area contributed by atoms with Crippen LogP contribution < -0.4 is 9.64 Å². The zero-order chi connectivity index (χ0) is 20.3. The van der Waals surface area contributed by atoms with Crippen molar-refractivity contribution in [3.8, 4) is 5.75 Å². The lowest BCUT2D eigenvalue weighted by Crippen LogP contribution is -2.44. The van der Waals surface area contributed by atoms with E-state index >= 15 is 0 Å². The van der Waals surface area contributed by atoms with Crippen molar-refractivity contribution in [2.75, 3.05) is 25.2 Å². The highest BCUT2D eigenvalue weighted by atomic mass is 16.5. The number of methoxy groups -OCH3 is 1. The first-order valence-corrected chi connectivity index (χ1v) is 8.87. The first-order valence-electron chi connectivity index (χ1n) is 8.87. The van der Waals surface area contributed by atoms with Gasteiger partial charge in [0.05, 0.1) is 25.8 Å². The first-order chi connectivity index (χ1) is 13.4. The van der Waals surface area contributed by atoms with Crippen molar-refractivity contribution < 1.29 is 29.0 Å². The average molecular weight is 383 g/mol. The Balaban J connectivity index is 1.89. The highest BCUT2D eigenvalue weighted by Crippen LogP contribution is 2.42. The van der Waals surface area contributed by atoms with Crippen LogP contribution in [0.1, 0.15) is 29.3 Å². The van der Waals surface area contributed by atoms with Gasteiger partial charge in [0.25, 0.3) is 5.91 Å². The van der Waals surface area contributed by atoms with Gasteiger partial charge in [0, 0.05) is 11.1 Å². The number of hydrogen-bond acceptors (Lipinski definition) is 6. The molecule has 2 aromatic rings. The smallest absolute Gasteiger partial charge is 0.326 e. The standard InChI is InChI=1S/C21H21NO6/c1-3-28-19(24)13-22-17-7-5-4-6-16(17)21(26,20(22)25)12-18(23)14-8-10-15(27-2)11-9-14/h4-11,26H,3,12-13H2,1-2H3/t21-/m0/s1. The predicted molar refractivity (Wildman–Crippen MR) is 101 cm³/mol. The van der Waals surface area contributed by atoms with Crippen molar-refractivity contribution in [2.45, 2.75) is 18.9 Å². The molecule has 0 spiro atoms. The summed E-state index contributed by atoms with van der Waals surface area (Å²) in [6.07, 6.45) is -0.436. The van der Waals surface area contributed by atoms with Crippen LogP contribution >= 0.6 is 0 Å². The van der Waals surface area contributed by atoms with Crippen LogP contribution in [-0.4, -0.2) is 43.0 Å². The topological polar surface area (TPSA) is 93.1 Å². The Labute approximate surface area is 162 Å². The summed E-state index contributed by atoms with van der Waals surface area (Å²) >= 11 is 0. The summed E-state index contributed by atoms with van der Waals surface area (Å²) in [5.74, 6) is -1.11. The van der Waals surface area contributed by atoms with Crippen molar-refractivity contribution in [1.29, 1.82) is 0 Å². The second kappa shape index (κ2) is 7.82. The number of aliphatic hydroxyl groups is 1. The van der Waals surface area contributed by atoms with Crippen molar-refractivity contribution in [3.05, 3.63) is 59.7 Å². The van der Waals surface area contributed by atoms with Crippen LogP contribution in [0.15, 0.2) is 48.5 Å². The average Bonchev–Trinajstić information content (AvgIpc) is 2.90. The molecular formula is C21H21NO6. The van der Waals surface area contributed by atoms with Gasteiger partial charge < -0.3 is 14.6 Å². The Bertz CT molecular complexity index is 907. The summed E-state index contributed by atoms with van der Waals surface area (Å²) in [6, 6.07) is 13.0. The molecule has 0 unspecified atom stereocenters. The van der Waals surface area contributed by atoms with Crippen molar-refractivity contribution in [2.24, 2.45) is 0 Å². The number of para-hydroxylation sites is 1. The molecule has 0 aromatic heterocycles. The summed E-state index contributed by atoms with van der Waals surface area (Å²) < 4.78 is 9.99. The lowest BCUT2D eigenvalue weighted by Gasteiger charge is -2.22. The van der Waals surface area contributed by atoms with E-state index in [1.165, 1.54) is 7.11 Å². The van der Waals surface area contributed by atoms with Gasteiger partial charge in [-0.3, -0.25) is 19.3 Å². The van der Waals surface area contributed by atoms with Crippen LogP contribution in [0.5, 0.6) is 5.75 Å². The molecule has 2 aromatic carbocycles. The van der Waals surface area contributed by atoms with Gasteiger partial charge in [0.15, 0.2) is 11.4 Å². The fraction of sp³-hybridized carbons (Fsp3) is 0.286. The summed E-state index contributed by atoms with van der Waals surface area (Å²) in [6.45, 7) is 1.52. The van der Waals surface area contributed by atoms with E-state index in [4.69, 9.17) is 9.47 Å². The highest BCUT2D eigenvalue weighted by molar-refractivity contribution is 6.12. The van der Waals surface area contributed by atoms with E-state index in [1.807, 2.05) is 0 Å². The molecular weight excluding hydrogens is 362 g/mol. The van der Waals surface area contributed by atoms with Gasteiger partial charge in [-0.25, -0.2) is 0 Å². The molecule has 146 valence electrons. The number of benzene rings is 2.